The second kappa shape index (κ2) is 9.91. The zero-order valence-corrected chi connectivity index (χ0v) is 22.6. The van der Waals surface area contributed by atoms with Crippen LogP contribution in [0.1, 0.15) is 44.7 Å². The van der Waals surface area contributed by atoms with E-state index in [1.165, 1.54) is 12.1 Å². The van der Waals surface area contributed by atoms with Gasteiger partial charge in [-0.3, -0.25) is 19.2 Å². The van der Waals surface area contributed by atoms with E-state index < -0.39 is 36.1 Å². The predicted octanol–water partition coefficient (Wildman–Crippen LogP) is 5.12. The fraction of sp³-hybridized carbons (Fsp3) is 0.360. The van der Waals surface area contributed by atoms with Gasteiger partial charge in [0.2, 0.25) is 0 Å². The first-order valence-electron chi connectivity index (χ1n) is 10.9. The Labute approximate surface area is 219 Å². The lowest BCUT2D eigenvalue weighted by molar-refractivity contribution is -0.154. The number of imide groups is 1. The molecule has 2 fully saturated rings. The van der Waals surface area contributed by atoms with Gasteiger partial charge in [0.1, 0.15) is 6.54 Å². The molecule has 1 aliphatic carbocycles. The SMILES string of the molecule is Cc1ccc(C(=O)CN(C(=O)c2ccc(Cl)cc2)N2C(=O)[C@H]3C[C@H](Br)[C@@H](Br)C[C@H]3C2=O)cc1C. The maximum Gasteiger partial charge on any atom is 0.273 e. The number of hydrazine groups is 1. The van der Waals surface area contributed by atoms with Gasteiger partial charge in [0.05, 0.1) is 11.8 Å². The Kier molecular flexibility index (Phi) is 7.31. The topological polar surface area (TPSA) is 74.8 Å². The third-order valence-corrected chi connectivity index (χ3v) is 9.56. The van der Waals surface area contributed by atoms with Crippen molar-refractivity contribution in [1.82, 2.24) is 10.0 Å². The summed E-state index contributed by atoms with van der Waals surface area (Å²) >= 11 is 13.1. The molecule has 0 unspecified atom stereocenters. The van der Waals surface area contributed by atoms with Crippen molar-refractivity contribution in [3.63, 3.8) is 0 Å². The summed E-state index contributed by atoms with van der Waals surface area (Å²) in [7, 11) is 0. The first kappa shape index (κ1) is 25.1. The van der Waals surface area contributed by atoms with Gasteiger partial charge in [0.15, 0.2) is 5.78 Å². The number of benzene rings is 2. The number of carbonyl (C=O) groups excluding carboxylic acids is 4. The van der Waals surface area contributed by atoms with E-state index in [1.54, 1.807) is 24.3 Å². The highest BCUT2D eigenvalue weighted by atomic mass is 79.9. The number of ketones is 1. The number of halogens is 3. The molecule has 1 aliphatic heterocycles. The van der Waals surface area contributed by atoms with Gasteiger partial charge in [0.25, 0.3) is 17.7 Å². The van der Waals surface area contributed by atoms with Crippen molar-refractivity contribution in [3.05, 3.63) is 69.7 Å². The Morgan fingerprint density at radius 2 is 1.44 bits per heavy atom. The molecule has 0 aromatic heterocycles. The fourth-order valence-corrected chi connectivity index (χ4v) is 5.80. The molecule has 178 valence electrons. The highest BCUT2D eigenvalue weighted by Crippen LogP contribution is 2.43. The summed E-state index contributed by atoms with van der Waals surface area (Å²) < 4.78 is 0. The van der Waals surface area contributed by atoms with Gasteiger partial charge in [-0.05, 0) is 68.1 Å². The summed E-state index contributed by atoms with van der Waals surface area (Å²) in [4.78, 5) is 53.6. The van der Waals surface area contributed by atoms with Crippen LogP contribution in [0, 0.1) is 25.7 Å². The average Bonchev–Trinajstić information content (AvgIpc) is 3.03. The van der Waals surface area contributed by atoms with E-state index >= 15 is 0 Å². The average molecular weight is 611 g/mol. The number of carbonyl (C=O) groups is 4. The molecule has 0 bridgehead atoms. The second-order valence-electron chi connectivity index (χ2n) is 8.80. The van der Waals surface area contributed by atoms with E-state index in [9.17, 15) is 19.2 Å². The smallest absolute Gasteiger partial charge is 0.273 e. The van der Waals surface area contributed by atoms with Crippen LogP contribution < -0.4 is 0 Å². The van der Waals surface area contributed by atoms with E-state index in [0.717, 1.165) is 21.1 Å². The molecule has 2 aromatic rings. The minimum Gasteiger partial charge on any atom is -0.292 e. The van der Waals surface area contributed by atoms with E-state index in [0.29, 0.717) is 23.4 Å². The van der Waals surface area contributed by atoms with Crippen molar-refractivity contribution in [2.75, 3.05) is 6.54 Å². The van der Waals surface area contributed by atoms with Crippen molar-refractivity contribution in [3.8, 4) is 0 Å². The lowest BCUT2D eigenvalue weighted by Gasteiger charge is -2.30. The van der Waals surface area contributed by atoms with E-state index in [1.807, 2.05) is 19.9 Å². The standard InChI is InChI=1S/C25H23Br2ClN2O4/c1-13-3-4-16(9-14(13)2)22(31)12-29(23(32)15-5-7-17(28)8-6-15)30-24(33)18-10-20(26)21(27)11-19(18)25(30)34/h3-9,18-21H,10-12H2,1-2H3/t18-,19+,20-,21-/m0/s1. The summed E-state index contributed by atoms with van der Waals surface area (Å²) in [6.07, 6.45) is 0.936. The molecule has 2 aromatic carbocycles. The number of hydrogen-bond donors (Lipinski definition) is 0. The fourth-order valence-electron chi connectivity index (χ4n) is 4.43. The van der Waals surface area contributed by atoms with Crippen LogP contribution in [0.4, 0.5) is 0 Å². The molecule has 1 saturated heterocycles. The Hall–Kier alpha value is -2.03. The predicted molar refractivity (Wildman–Crippen MR) is 136 cm³/mol. The minimum atomic E-state index is -0.611. The quantitative estimate of drug-likeness (QED) is 0.268. The van der Waals surface area contributed by atoms with Crippen molar-refractivity contribution < 1.29 is 19.2 Å². The molecular weight excluding hydrogens is 588 g/mol. The van der Waals surface area contributed by atoms with Crippen LogP contribution in [0.3, 0.4) is 0 Å². The lowest BCUT2D eigenvalue weighted by Crippen LogP contribution is -2.52. The highest BCUT2D eigenvalue weighted by molar-refractivity contribution is 9.12. The first-order valence-corrected chi connectivity index (χ1v) is 13.1. The maximum atomic E-state index is 13.5. The molecule has 4 rings (SSSR count). The van der Waals surface area contributed by atoms with Gasteiger partial charge < -0.3 is 0 Å². The number of aryl methyl sites for hydroxylation is 2. The second-order valence-corrected chi connectivity index (χ2v) is 11.6. The summed E-state index contributed by atoms with van der Waals surface area (Å²) in [5.74, 6) is -2.95. The number of amides is 3. The summed E-state index contributed by atoms with van der Waals surface area (Å²) in [5, 5.41) is 2.34. The Balaban J connectivity index is 1.70. The number of rotatable bonds is 5. The molecule has 0 N–H and O–H groups in total. The molecule has 9 heteroatoms. The maximum absolute atomic E-state index is 13.5. The summed E-state index contributed by atoms with van der Waals surface area (Å²) in [6.45, 7) is 3.41. The van der Waals surface area contributed by atoms with Crippen LogP contribution in [0.15, 0.2) is 42.5 Å². The molecular formula is C25H23Br2ClN2O4. The van der Waals surface area contributed by atoms with Crippen LogP contribution in [-0.4, -0.2) is 49.7 Å². The van der Waals surface area contributed by atoms with E-state index in [4.69, 9.17) is 11.6 Å². The largest absolute Gasteiger partial charge is 0.292 e. The first-order chi connectivity index (χ1) is 16.1. The van der Waals surface area contributed by atoms with Crippen molar-refractivity contribution >= 4 is 67.0 Å². The summed E-state index contributed by atoms with van der Waals surface area (Å²) in [6, 6.07) is 11.4. The Morgan fingerprint density at radius 3 is 1.97 bits per heavy atom. The zero-order valence-electron chi connectivity index (χ0n) is 18.6. The molecule has 1 heterocycles. The molecule has 0 radical (unpaired) electrons. The van der Waals surface area contributed by atoms with Crippen LogP contribution >= 0.6 is 43.5 Å². The van der Waals surface area contributed by atoms with Crippen molar-refractivity contribution in [1.29, 1.82) is 0 Å². The molecule has 34 heavy (non-hydrogen) atoms. The van der Waals surface area contributed by atoms with Crippen LogP contribution in [0.5, 0.6) is 0 Å². The molecule has 2 aliphatic rings. The Bertz CT molecular complexity index is 1140. The zero-order chi connectivity index (χ0) is 24.7. The monoisotopic (exact) mass is 608 g/mol. The van der Waals surface area contributed by atoms with Crippen LogP contribution in [-0.2, 0) is 9.59 Å². The highest BCUT2D eigenvalue weighted by Gasteiger charge is 2.54. The van der Waals surface area contributed by atoms with Crippen molar-refractivity contribution in [2.45, 2.75) is 36.3 Å². The summed E-state index contributed by atoms with van der Waals surface area (Å²) in [5.41, 5.74) is 2.61. The van der Waals surface area contributed by atoms with Gasteiger partial charge in [-0.15, -0.1) is 0 Å². The number of nitrogens with zero attached hydrogens (tertiary/aromatic N) is 2. The number of Topliss-reactive ketones (excluding diaryl/α,β-unsaturated/α-hetero) is 1. The normalized spacial score (nSPS) is 24.2. The molecule has 0 spiro atoms. The minimum absolute atomic E-state index is 0.0306. The van der Waals surface area contributed by atoms with Crippen LogP contribution in [0.25, 0.3) is 0 Å². The number of hydrogen-bond acceptors (Lipinski definition) is 4. The van der Waals surface area contributed by atoms with Crippen LogP contribution in [0.2, 0.25) is 5.02 Å². The molecule has 3 amide bonds. The third kappa shape index (κ3) is 4.72. The molecule has 6 nitrogen and oxygen atoms in total. The molecule has 4 atom stereocenters. The van der Waals surface area contributed by atoms with Gasteiger partial charge >= 0.3 is 0 Å². The lowest BCUT2D eigenvalue weighted by atomic mass is 9.81. The van der Waals surface area contributed by atoms with E-state index in [-0.39, 0.29) is 21.0 Å². The molecule has 1 saturated carbocycles. The Morgan fingerprint density at radius 1 is 0.912 bits per heavy atom. The van der Waals surface area contributed by atoms with Gasteiger partial charge in [0, 0.05) is 25.8 Å². The van der Waals surface area contributed by atoms with Crippen molar-refractivity contribution in [2.24, 2.45) is 11.8 Å². The van der Waals surface area contributed by atoms with Gasteiger partial charge in [-0.25, -0.2) is 5.01 Å². The number of alkyl halides is 2. The van der Waals surface area contributed by atoms with E-state index in [2.05, 4.69) is 31.9 Å². The van der Waals surface area contributed by atoms with Gasteiger partial charge in [-0.2, -0.15) is 5.01 Å². The van der Waals surface area contributed by atoms with Gasteiger partial charge in [-0.1, -0.05) is 55.6 Å². The third-order valence-electron chi connectivity index (χ3n) is 6.58. The number of fused-ring (bicyclic) bond motifs is 1.